The van der Waals surface area contributed by atoms with Crippen LogP contribution in [0.3, 0.4) is 0 Å². The number of carbonyl (C=O) groups is 1. The fourth-order valence-corrected chi connectivity index (χ4v) is 4.25. The molecule has 1 heterocycles. The van der Waals surface area contributed by atoms with E-state index < -0.39 is 18.9 Å². The Hall–Kier alpha value is -3.59. The molecular weight excluding hydrogens is 486 g/mol. The van der Waals surface area contributed by atoms with Gasteiger partial charge < -0.3 is 16.4 Å². The van der Waals surface area contributed by atoms with Gasteiger partial charge in [0.2, 0.25) is 6.43 Å². The molecule has 3 rings (SSSR count). The number of piperidine rings is 1. The van der Waals surface area contributed by atoms with Crippen LogP contribution < -0.4 is 16.4 Å². The zero-order valence-corrected chi connectivity index (χ0v) is 22.4. The molecule has 1 atom stereocenters. The second kappa shape index (κ2) is 13.8. The molecule has 1 saturated heterocycles. The highest BCUT2D eigenvalue weighted by Crippen LogP contribution is 2.21. The third-order valence-corrected chi connectivity index (χ3v) is 6.73. The van der Waals surface area contributed by atoms with E-state index in [0.29, 0.717) is 30.1 Å². The van der Waals surface area contributed by atoms with E-state index in [2.05, 4.69) is 24.5 Å². The molecule has 0 spiro atoms. The van der Waals surface area contributed by atoms with Crippen molar-refractivity contribution in [2.75, 3.05) is 26.2 Å². The molecule has 2 amide bonds. The molecule has 9 heteroatoms. The van der Waals surface area contributed by atoms with E-state index >= 15 is 0 Å². The number of hydrogen-bond donors (Lipinski definition) is 4. The van der Waals surface area contributed by atoms with Crippen molar-refractivity contribution in [1.29, 1.82) is 5.41 Å². The maximum absolute atomic E-state index is 13.1. The molecule has 38 heavy (non-hydrogen) atoms. The lowest BCUT2D eigenvalue weighted by molar-refractivity contribution is 0.129. The summed E-state index contributed by atoms with van der Waals surface area (Å²) in [4.78, 5) is 18.9. The predicted molar refractivity (Wildman–Crippen MR) is 150 cm³/mol. The summed E-state index contributed by atoms with van der Waals surface area (Å²) < 4.78 is 26.1. The van der Waals surface area contributed by atoms with E-state index in [-0.39, 0.29) is 18.9 Å². The Bertz CT molecular complexity index is 1180. The summed E-state index contributed by atoms with van der Waals surface area (Å²) in [5.74, 6) is 0.232. The maximum Gasteiger partial charge on any atom is 0.323 e. The molecule has 0 saturated carbocycles. The minimum absolute atomic E-state index is 0.0203. The molecule has 2 aromatic carbocycles. The average Bonchev–Trinajstić information content (AvgIpc) is 2.91. The number of amidine groups is 1. The molecule has 0 aromatic heterocycles. The van der Waals surface area contributed by atoms with Crippen LogP contribution in [0.1, 0.15) is 55.7 Å². The molecule has 0 bridgehead atoms. The van der Waals surface area contributed by atoms with E-state index in [0.717, 1.165) is 46.0 Å². The number of nitrogens with one attached hydrogen (secondary N) is 3. The second-order valence-electron chi connectivity index (χ2n) is 9.60. The van der Waals surface area contributed by atoms with Gasteiger partial charge in [-0.05, 0) is 61.1 Å². The summed E-state index contributed by atoms with van der Waals surface area (Å²) in [5, 5.41) is 14.6. The predicted octanol–water partition coefficient (Wildman–Crippen LogP) is 5.48. The summed E-state index contributed by atoms with van der Waals surface area (Å²) >= 11 is 0. The van der Waals surface area contributed by atoms with Crippen molar-refractivity contribution in [2.45, 2.75) is 52.4 Å². The first-order chi connectivity index (χ1) is 18.2. The Morgan fingerprint density at radius 3 is 2.63 bits per heavy atom. The monoisotopic (exact) mass is 524 g/mol. The maximum atomic E-state index is 13.1. The standard InChI is InChI=1S/C29H38F2N6O/c1-4-20(3)21-8-10-22(11-9-21)28(33)37(15-13-27(30)31)29(38)35-17-25(32)24-12-14-34-18-26(24)36-23-7-5-6-19(2)16-23/h5-11,16,20,27,33-34H,4,12-15,17-18,32H2,1-3H3,(H,35,38)/b25-24-,33-28?,36-26?. The van der Waals surface area contributed by atoms with Crippen LogP contribution in [0.5, 0.6) is 0 Å². The zero-order chi connectivity index (χ0) is 27.7. The highest BCUT2D eigenvalue weighted by atomic mass is 19.3. The molecule has 0 aliphatic carbocycles. The number of aryl methyl sites for hydroxylation is 1. The molecule has 1 unspecified atom stereocenters. The largest absolute Gasteiger partial charge is 0.400 e. The van der Waals surface area contributed by atoms with Gasteiger partial charge in [0, 0.05) is 30.8 Å². The zero-order valence-electron chi connectivity index (χ0n) is 22.4. The van der Waals surface area contributed by atoms with Gasteiger partial charge in [-0.15, -0.1) is 0 Å². The van der Waals surface area contributed by atoms with Crippen LogP contribution in [0.2, 0.25) is 0 Å². The van der Waals surface area contributed by atoms with Gasteiger partial charge in [-0.3, -0.25) is 15.3 Å². The minimum Gasteiger partial charge on any atom is -0.400 e. The second-order valence-corrected chi connectivity index (χ2v) is 9.60. The molecule has 0 radical (unpaired) electrons. The van der Waals surface area contributed by atoms with Crippen molar-refractivity contribution < 1.29 is 13.6 Å². The summed E-state index contributed by atoms with van der Waals surface area (Å²) in [5.41, 5.74) is 12.1. The molecule has 2 aromatic rings. The van der Waals surface area contributed by atoms with Crippen molar-refractivity contribution in [3.05, 3.63) is 76.5 Å². The van der Waals surface area contributed by atoms with Crippen LogP contribution in [-0.4, -0.2) is 55.1 Å². The van der Waals surface area contributed by atoms with Gasteiger partial charge in [-0.1, -0.05) is 50.2 Å². The number of benzene rings is 2. The Balaban J connectivity index is 1.76. The Labute approximate surface area is 223 Å². The number of amides is 2. The third kappa shape index (κ3) is 7.95. The van der Waals surface area contributed by atoms with Crippen LogP contribution in [0.25, 0.3) is 0 Å². The van der Waals surface area contributed by atoms with E-state index in [1.807, 2.05) is 43.3 Å². The summed E-state index contributed by atoms with van der Waals surface area (Å²) in [6.07, 6.45) is -1.49. The minimum atomic E-state index is -2.59. The number of nitrogens with two attached hydrogens (primary N) is 1. The van der Waals surface area contributed by atoms with Gasteiger partial charge in [0.05, 0.1) is 17.9 Å². The number of rotatable bonds is 9. The first kappa shape index (κ1) is 29.0. The number of hydrogen-bond acceptors (Lipinski definition) is 5. The van der Waals surface area contributed by atoms with Crippen molar-refractivity contribution in [2.24, 2.45) is 10.7 Å². The molecule has 204 valence electrons. The first-order valence-electron chi connectivity index (χ1n) is 13.0. The lowest BCUT2D eigenvalue weighted by Crippen LogP contribution is -2.46. The van der Waals surface area contributed by atoms with Crippen LogP contribution in [0, 0.1) is 12.3 Å². The molecule has 7 nitrogen and oxygen atoms in total. The van der Waals surface area contributed by atoms with Crippen LogP contribution in [0.15, 0.2) is 64.8 Å². The fraction of sp³-hybridized carbons (Fsp3) is 0.414. The van der Waals surface area contributed by atoms with E-state index in [4.69, 9.17) is 16.1 Å². The lowest BCUT2D eigenvalue weighted by atomic mass is 9.97. The highest BCUT2D eigenvalue weighted by molar-refractivity contribution is 6.06. The number of aliphatic imine (C=N–C) groups is 1. The summed E-state index contributed by atoms with van der Waals surface area (Å²) in [6.45, 7) is 7.23. The van der Waals surface area contributed by atoms with Gasteiger partial charge in [0.1, 0.15) is 5.84 Å². The lowest BCUT2D eigenvalue weighted by Gasteiger charge is -2.25. The van der Waals surface area contributed by atoms with Gasteiger partial charge in [-0.2, -0.15) is 0 Å². The van der Waals surface area contributed by atoms with Crippen LogP contribution >= 0.6 is 0 Å². The summed E-state index contributed by atoms with van der Waals surface area (Å²) in [7, 11) is 0. The fourth-order valence-electron chi connectivity index (χ4n) is 4.25. The van der Waals surface area contributed by atoms with E-state index in [1.165, 1.54) is 0 Å². The molecule has 1 aliphatic rings. The Morgan fingerprint density at radius 1 is 1.24 bits per heavy atom. The quantitative estimate of drug-likeness (QED) is 0.258. The number of alkyl halides is 2. The van der Waals surface area contributed by atoms with Crippen molar-refractivity contribution in [1.82, 2.24) is 15.5 Å². The molecular formula is C29H38F2N6O. The molecule has 1 fully saturated rings. The van der Waals surface area contributed by atoms with Gasteiger partial charge >= 0.3 is 6.03 Å². The molecule has 5 N–H and O–H groups in total. The first-order valence-corrected chi connectivity index (χ1v) is 13.0. The topological polar surface area (TPSA) is 107 Å². The number of carbonyl (C=O) groups excluding carboxylic acids is 1. The van der Waals surface area contributed by atoms with E-state index in [1.54, 1.807) is 12.1 Å². The van der Waals surface area contributed by atoms with Crippen LogP contribution in [-0.2, 0) is 0 Å². The van der Waals surface area contributed by atoms with Crippen LogP contribution in [0.4, 0.5) is 19.3 Å². The molecule has 1 aliphatic heterocycles. The SMILES string of the molecule is CCC(C)c1ccc(C(=N)N(CCC(F)F)C(=O)NC/C(N)=C2\CCNCC2=Nc2cccc(C)c2)cc1. The Kier molecular flexibility index (Phi) is 10.5. The summed E-state index contributed by atoms with van der Waals surface area (Å²) in [6, 6.07) is 14.5. The van der Waals surface area contributed by atoms with Gasteiger partial charge in [0.15, 0.2) is 0 Å². The van der Waals surface area contributed by atoms with E-state index in [9.17, 15) is 13.6 Å². The highest BCUT2D eigenvalue weighted by Gasteiger charge is 2.23. The Morgan fingerprint density at radius 2 is 1.97 bits per heavy atom. The van der Waals surface area contributed by atoms with Crippen molar-refractivity contribution in [3.63, 3.8) is 0 Å². The van der Waals surface area contributed by atoms with Crippen molar-refractivity contribution >= 4 is 23.3 Å². The number of nitrogens with zero attached hydrogens (tertiary/aromatic N) is 2. The number of halogens is 2. The van der Waals surface area contributed by atoms with Gasteiger partial charge in [-0.25, -0.2) is 13.6 Å². The van der Waals surface area contributed by atoms with Gasteiger partial charge in [0.25, 0.3) is 0 Å². The normalized spacial score (nSPS) is 16.8. The average molecular weight is 525 g/mol. The smallest absolute Gasteiger partial charge is 0.323 e. The number of urea groups is 1. The van der Waals surface area contributed by atoms with Crippen molar-refractivity contribution in [3.8, 4) is 0 Å². The third-order valence-electron chi connectivity index (χ3n) is 6.73.